The zero-order valence-corrected chi connectivity index (χ0v) is 18.9. The summed E-state index contributed by atoms with van der Waals surface area (Å²) in [6, 6.07) is 13.7. The summed E-state index contributed by atoms with van der Waals surface area (Å²) in [5.74, 6) is 0.594. The Balaban J connectivity index is 1.72. The smallest absolute Gasteiger partial charge is 0.306 e. The molecule has 31 heavy (non-hydrogen) atoms. The van der Waals surface area contributed by atoms with Crippen molar-refractivity contribution >= 4 is 17.6 Å². The van der Waals surface area contributed by atoms with Crippen LogP contribution in [0.1, 0.15) is 57.6 Å². The number of carbonyl (C=O) groups is 1. The van der Waals surface area contributed by atoms with Crippen molar-refractivity contribution in [3.63, 3.8) is 0 Å². The lowest BCUT2D eigenvalue weighted by Crippen LogP contribution is -2.41. The predicted octanol–water partition coefficient (Wildman–Crippen LogP) is 5.72. The van der Waals surface area contributed by atoms with Gasteiger partial charge in [0.15, 0.2) is 0 Å². The monoisotopic (exact) mass is 446 g/mol. The highest BCUT2D eigenvalue weighted by molar-refractivity contribution is 6.33. The van der Waals surface area contributed by atoms with E-state index in [0.29, 0.717) is 30.9 Å². The molecule has 0 spiro atoms. The first-order chi connectivity index (χ1) is 15.0. The fraction of sp³-hybridized carbons (Fsp3) is 0.480. The van der Waals surface area contributed by atoms with Crippen LogP contribution >= 0.6 is 11.6 Å². The largest absolute Gasteiger partial charge is 0.494 e. The maximum atomic E-state index is 12.0. The third-order valence-electron chi connectivity index (χ3n) is 5.50. The molecule has 3 rings (SSSR count). The van der Waals surface area contributed by atoms with E-state index in [1.165, 1.54) is 0 Å². The highest BCUT2D eigenvalue weighted by Crippen LogP contribution is 2.37. The molecular formula is C25H31ClO5. The van der Waals surface area contributed by atoms with E-state index in [4.69, 9.17) is 25.8 Å². The van der Waals surface area contributed by atoms with Crippen molar-refractivity contribution in [2.75, 3.05) is 13.2 Å². The summed E-state index contributed by atoms with van der Waals surface area (Å²) in [6.45, 7) is 4.41. The van der Waals surface area contributed by atoms with Gasteiger partial charge in [0.2, 0.25) is 0 Å². The Morgan fingerprint density at radius 3 is 2.61 bits per heavy atom. The molecule has 1 aliphatic heterocycles. The highest BCUT2D eigenvalue weighted by Gasteiger charge is 2.34. The first-order valence-electron chi connectivity index (χ1n) is 11.0. The maximum Gasteiger partial charge on any atom is 0.306 e. The molecule has 0 bridgehead atoms. The lowest BCUT2D eigenvalue weighted by Gasteiger charge is -2.35. The van der Waals surface area contributed by atoms with Gasteiger partial charge in [0.25, 0.3) is 0 Å². The molecule has 2 aromatic carbocycles. The predicted molar refractivity (Wildman–Crippen MR) is 121 cm³/mol. The molecule has 1 saturated heterocycles. The molecule has 3 atom stereocenters. The van der Waals surface area contributed by atoms with Crippen LogP contribution in [0.15, 0.2) is 42.5 Å². The molecule has 2 aromatic rings. The highest BCUT2D eigenvalue weighted by atomic mass is 35.5. The quantitative estimate of drug-likeness (QED) is 0.499. The Hall–Kier alpha value is -2.08. The third-order valence-corrected chi connectivity index (χ3v) is 5.83. The Bertz CT molecular complexity index is 851. The number of hydrogen-bond donors (Lipinski definition) is 1. The number of benzene rings is 2. The van der Waals surface area contributed by atoms with Crippen molar-refractivity contribution in [3.8, 4) is 16.9 Å². The second kappa shape index (κ2) is 11.5. The summed E-state index contributed by atoms with van der Waals surface area (Å²) in [5.41, 5.74) is 2.90. The minimum Gasteiger partial charge on any atom is -0.494 e. The van der Waals surface area contributed by atoms with E-state index in [2.05, 4.69) is 0 Å². The minimum absolute atomic E-state index is 0.193. The average molecular weight is 447 g/mol. The van der Waals surface area contributed by atoms with Crippen molar-refractivity contribution in [2.24, 2.45) is 0 Å². The topological polar surface area (TPSA) is 65.0 Å². The summed E-state index contributed by atoms with van der Waals surface area (Å²) in [4.78, 5) is 12.0. The summed E-state index contributed by atoms with van der Waals surface area (Å²) in [6.07, 6.45) is 2.35. The molecule has 1 fully saturated rings. The summed E-state index contributed by atoms with van der Waals surface area (Å²) in [5, 5.41) is 10.5. The molecule has 1 N–H and O–H groups in total. The van der Waals surface area contributed by atoms with Crippen LogP contribution in [0.2, 0.25) is 5.02 Å². The van der Waals surface area contributed by atoms with Gasteiger partial charge in [-0.1, -0.05) is 43.1 Å². The van der Waals surface area contributed by atoms with Crippen LogP contribution < -0.4 is 4.74 Å². The van der Waals surface area contributed by atoms with E-state index in [9.17, 15) is 9.90 Å². The summed E-state index contributed by atoms with van der Waals surface area (Å²) in [7, 11) is 0. The fourth-order valence-corrected chi connectivity index (χ4v) is 4.05. The normalized spacial score (nSPS) is 21.0. The summed E-state index contributed by atoms with van der Waals surface area (Å²) >= 11 is 6.48. The molecule has 1 aliphatic rings. The van der Waals surface area contributed by atoms with E-state index >= 15 is 0 Å². The molecule has 168 valence electrons. The maximum absolute atomic E-state index is 12.0. The number of unbranched alkanes of at least 4 members (excludes halogenated alkanes) is 1. The molecule has 0 radical (unpaired) electrons. The molecule has 0 amide bonds. The van der Waals surface area contributed by atoms with Gasteiger partial charge < -0.3 is 19.3 Å². The second-order valence-corrected chi connectivity index (χ2v) is 8.16. The van der Waals surface area contributed by atoms with E-state index in [1.54, 1.807) is 0 Å². The van der Waals surface area contributed by atoms with E-state index in [1.807, 2.05) is 56.3 Å². The summed E-state index contributed by atoms with van der Waals surface area (Å²) < 4.78 is 17.2. The Kier molecular flexibility index (Phi) is 8.76. The first kappa shape index (κ1) is 23.6. The molecule has 5 nitrogen and oxygen atoms in total. The van der Waals surface area contributed by atoms with Crippen LogP contribution in [-0.4, -0.2) is 36.5 Å². The van der Waals surface area contributed by atoms with E-state index < -0.39 is 12.2 Å². The molecule has 0 saturated carbocycles. The standard InChI is InChI=1S/C25H31ClO5/c1-3-5-6-25(28)31-23-14-13-22(30-24(23)16-27)18-9-12-21(26)20(15-18)17-7-10-19(11-8-17)29-4-2/h7-12,15,22-24,27H,3-6,13-14,16H2,1-2H3/t22?,23-,24-/m1/s1. The van der Waals surface area contributed by atoms with Crippen LogP contribution in [0.3, 0.4) is 0 Å². The van der Waals surface area contributed by atoms with Crippen LogP contribution in [0.4, 0.5) is 0 Å². The van der Waals surface area contributed by atoms with Crippen molar-refractivity contribution in [1.29, 1.82) is 0 Å². The second-order valence-electron chi connectivity index (χ2n) is 7.75. The number of rotatable bonds is 9. The molecule has 0 aliphatic carbocycles. The van der Waals surface area contributed by atoms with Crippen LogP contribution in [0, 0.1) is 0 Å². The zero-order valence-electron chi connectivity index (χ0n) is 18.2. The van der Waals surface area contributed by atoms with E-state index in [0.717, 1.165) is 35.3 Å². The Morgan fingerprint density at radius 1 is 1.16 bits per heavy atom. The van der Waals surface area contributed by atoms with Gasteiger partial charge in [-0.3, -0.25) is 4.79 Å². The SMILES string of the molecule is CCCCC(=O)O[C@@H]1CCC(c2ccc(Cl)c(-c3ccc(OCC)cc3)c2)O[C@@H]1CO. The van der Waals surface area contributed by atoms with Gasteiger partial charge in [0.05, 0.1) is 19.3 Å². The number of esters is 1. The van der Waals surface area contributed by atoms with Gasteiger partial charge in [-0.05, 0) is 61.6 Å². The van der Waals surface area contributed by atoms with Gasteiger partial charge in [-0.25, -0.2) is 0 Å². The Labute approximate surface area is 189 Å². The molecule has 6 heteroatoms. The zero-order chi connectivity index (χ0) is 22.2. The van der Waals surface area contributed by atoms with Gasteiger partial charge in [-0.2, -0.15) is 0 Å². The lowest BCUT2D eigenvalue weighted by atomic mass is 9.94. The molecule has 1 unspecified atom stereocenters. The first-order valence-corrected chi connectivity index (χ1v) is 11.4. The van der Waals surface area contributed by atoms with Crippen molar-refractivity contribution < 1.29 is 24.1 Å². The van der Waals surface area contributed by atoms with Crippen LogP contribution in [0.5, 0.6) is 5.75 Å². The van der Waals surface area contributed by atoms with Crippen LogP contribution in [0.25, 0.3) is 11.1 Å². The van der Waals surface area contributed by atoms with Crippen LogP contribution in [-0.2, 0) is 14.3 Å². The van der Waals surface area contributed by atoms with Gasteiger partial charge >= 0.3 is 5.97 Å². The Morgan fingerprint density at radius 2 is 1.94 bits per heavy atom. The van der Waals surface area contributed by atoms with Crippen molar-refractivity contribution in [2.45, 2.75) is 64.3 Å². The van der Waals surface area contributed by atoms with E-state index in [-0.39, 0.29) is 18.7 Å². The number of ether oxygens (including phenoxy) is 3. The molecule has 1 heterocycles. The lowest BCUT2D eigenvalue weighted by molar-refractivity contribution is -0.178. The molecule has 0 aromatic heterocycles. The third kappa shape index (κ3) is 6.22. The van der Waals surface area contributed by atoms with Crippen molar-refractivity contribution in [3.05, 3.63) is 53.1 Å². The minimum atomic E-state index is -0.533. The number of aliphatic hydroxyl groups is 1. The fourth-order valence-electron chi connectivity index (χ4n) is 3.82. The number of carbonyl (C=O) groups excluding carboxylic acids is 1. The van der Waals surface area contributed by atoms with Crippen molar-refractivity contribution in [1.82, 2.24) is 0 Å². The molecular weight excluding hydrogens is 416 g/mol. The van der Waals surface area contributed by atoms with Gasteiger partial charge in [0.1, 0.15) is 18.0 Å². The number of hydrogen-bond acceptors (Lipinski definition) is 5. The number of halogens is 1. The number of aliphatic hydroxyl groups excluding tert-OH is 1. The average Bonchev–Trinajstić information content (AvgIpc) is 2.79. The van der Waals surface area contributed by atoms with Gasteiger partial charge in [-0.15, -0.1) is 0 Å². The van der Waals surface area contributed by atoms with Gasteiger partial charge in [0, 0.05) is 17.0 Å².